The van der Waals surface area contributed by atoms with E-state index in [0.29, 0.717) is 5.56 Å². The smallest absolute Gasteiger partial charge is 0.332 e. The van der Waals surface area contributed by atoms with Crippen LogP contribution in [0.4, 0.5) is 0 Å². The summed E-state index contributed by atoms with van der Waals surface area (Å²) in [6, 6.07) is 8.75. The summed E-state index contributed by atoms with van der Waals surface area (Å²) in [6.07, 6.45) is 1.44. The van der Waals surface area contributed by atoms with Crippen molar-refractivity contribution in [2.75, 3.05) is 13.2 Å². The predicted octanol–water partition coefficient (Wildman–Crippen LogP) is 3.17. The summed E-state index contributed by atoms with van der Waals surface area (Å²) in [6.45, 7) is 7.42. The van der Waals surface area contributed by atoms with Crippen LogP contribution < -0.4 is 0 Å². The third kappa shape index (κ3) is 3.86. The van der Waals surface area contributed by atoms with Crippen LogP contribution in [-0.4, -0.2) is 25.2 Å². The zero-order valence-corrected chi connectivity index (χ0v) is 13.5. The van der Waals surface area contributed by atoms with Crippen LogP contribution in [0.2, 0.25) is 0 Å². The van der Waals surface area contributed by atoms with Crippen molar-refractivity contribution in [1.82, 2.24) is 0 Å². The molecule has 0 aliphatic carbocycles. The third-order valence-corrected chi connectivity index (χ3v) is 3.00. The van der Waals surface area contributed by atoms with E-state index in [9.17, 15) is 9.59 Å². The first-order chi connectivity index (χ1) is 10.5. The Bertz CT molecular complexity index is 558. The highest BCUT2D eigenvalue weighted by Crippen LogP contribution is 2.29. The van der Waals surface area contributed by atoms with Crippen LogP contribution in [0.5, 0.6) is 0 Å². The van der Waals surface area contributed by atoms with Crippen LogP contribution in [0.15, 0.2) is 47.7 Å². The lowest BCUT2D eigenvalue weighted by Gasteiger charge is -2.26. The normalized spacial score (nSPS) is 10.4. The van der Waals surface area contributed by atoms with Gasteiger partial charge in [0.15, 0.2) is 0 Å². The Morgan fingerprint density at radius 2 is 1.55 bits per heavy atom. The van der Waals surface area contributed by atoms with Crippen molar-refractivity contribution >= 4 is 11.9 Å². The molecule has 0 heterocycles. The Labute approximate surface area is 131 Å². The molecule has 0 aliphatic heterocycles. The second-order valence-corrected chi connectivity index (χ2v) is 4.90. The lowest BCUT2D eigenvalue weighted by Crippen LogP contribution is -2.44. The number of hydrogen-bond donors (Lipinski definition) is 0. The Kier molecular flexibility index (Phi) is 6.61. The van der Waals surface area contributed by atoms with Gasteiger partial charge in [-0.15, -0.1) is 5.73 Å². The van der Waals surface area contributed by atoms with E-state index in [-0.39, 0.29) is 13.2 Å². The molecule has 0 bridgehead atoms. The maximum atomic E-state index is 12.6. The Morgan fingerprint density at radius 1 is 1.05 bits per heavy atom. The minimum absolute atomic E-state index is 0.176. The first-order valence-corrected chi connectivity index (χ1v) is 7.30. The highest BCUT2D eigenvalue weighted by Gasteiger charge is 2.48. The van der Waals surface area contributed by atoms with Crippen LogP contribution in [0.25, 0.3) is 0 Å². The van der Waals surface area contributed by atoms with Gasteiger partial charge in [0.1, 0.15) is 0 Å². The molecule has 4 heteroatoms. The Hall–Kier alpha value is -2.32. The number of ether oxygens (including phenoxy) is 2. The molecule has 0 saturated carbocycles. The molecule has 0 amide bonds. The largest absolute Gasteiger partial charge is 0.465 e. The second kappa shape index (κ2) is 8.20. The van der Waals surface area contributed by atoms with Crippen LogP contribution in [0, 0.1) is 0 Å². The number of hydrogen-bond acceptors (Lipinski definition) is 4. The van der Waals surface area contributed by atoms with Crippen LogP contribution >= 0.6 is 0 Å². The fourth-order valence-corrected chi connectivity index (χ4v) is 1.96. The van der Waals surface area contributed by atoms with E-state index < -0.39 is 17.4 Å². The van der Waals surface area contributed by atoms with E-state index in [0.717, 1.165) is 5.57 Å². The van der Waals surface area contributed by atoms with Crippen molar-refractivity contribution in [1.29, 1.82) is 0 Å². The van der Waals surface area contributed by atoms with Crippen molar-refractivity contribution in [2.24, 2.45) is 0 Å². The molecule has 0 saturated heterocycles. The number of carbonyl (C=O) groups is 2. The zero-order chi connectivity index (χ0) is 16.6. The number of benzene rings is 1. The minimum Gasteiger partial charge on any atom is -0.465 e. The molecule has 0 fully saturated rings. The maximum Gasteiger partial charge on any atom is 0.332 e. The number of carbonyl (C=O) groups excluding carboxylic acids is 2. The summed E-state index contributed by atoms with van der Waals surface area (Å²) in [7, 11) is 0. The first-order valence-electron chi connectivity index (χ1n) is 7.30. The van der Waals surface area contributed by atoms with Gasteiger partial charge in [-0.05, 0) is 44.9 Å². The van der Waals surface area contributed by atoms with Crippen LogP contribution in [-0.2, 0) is 24.5 Å². The van der Waals surface area contributed by atoms with E-state index >= 15 is 0 Å². The monoisotopic (exact) mass is 302 g/mol. The quantitative estimate of drug-likeness (QED) is 0.460. The van der Waals surface area contributed by atoms with E-state index in [1.807, 2.05) is 19.9 Å². The van der Waals surface area contributed by atoms with E-state index in [1.165, 1.54) is 6.08 Å². The van der Waals surface area contributed by atoms with Crippen molar-refractivity contribution in [3.05, 3.63) is 53.3 Å². The first kappa shape index (κ1) is 17.7. The fraction of sp³-hybridized carbons (Fsp3) is 0.389. The lowest BCUT2D eigenvalue weighted by atomic mass is 9.80. The summed E-state index contributed by atoms with van der Waals surface area (Å²) in [5.74, 6) is -1.32. The van der Waals surface area contributed by atoms with Crippen molar-refractivity contribution in [3.63, 3.8) is 0 Å². The van der Waals surface area contributed by atoms with Gasteiger partial charge >= 0.3 is 11.9 Å². The standard InChI is InChI=1S/C18H22O4/c1-5-21-16(19)18(13-12-14(3)4,17(20)22-6-2)15-10-8-7-9-11-15/h7-11,13H,5-6H2,1-4H3. The van der Waals surface area contributed by atoms with Gasteiger partial charge in [-0.3, -0.25) is 9.59 Å². The summed E-state index contributed by atoms with van der Waals surface area (Å²) in [4.78, 5) is 25.2. The molecule has 0 unspecified atom stereocenters. The average Bonchev–Trinajstić information content (AvgIpc) is 2.49. The highest BCUT2D eigenvalue weighted by molar-refractivity contribution is 6.08. The predicted molar refractivity (Wildman–Crippen MR) is 84.3 cm³/mol. The SMILES string of the molecule is CCOC(=O)C(C=C=C(C)C)(C(=O)OCC)c1ccccc1. The third-order valence-electron chi connectivity index (χ3n) is 3.00. The second-order valence-electron chi connectivity index (χ2n) is 4.90. The fourth-order valence-electron chi connectivity index (χ4n) is 1.96. The van der Waals surface area contributed by atoms with E-state index in [1.54, 1.807) is 38.1 Å². The average molecular weight is 302 g/mol. The number of esters is 2. The molecule has 0 aromatic heterocycles. The van der Waals surface area contributed by atoms with Gasteiger partial charge < -0.3 is 9.47 Å². The molecule has 1 aromatic carbocycles. The van der Waals surface area contributed by atoms with Crippen molar-refractivity contribution in [2.45, 2.75) is 33.1 Å². The molecule has 22 heavy (non-hydrogen) atoms. The van der Waals surface area contributed by atoms with Gasteiger partial charge in [0.25, 0.3) is 0 Å². The van der Waals surface area contributed by atoms with Gasteiger partial charge in [0.2, 0.25) is 5.41 Å². The van der Waals surface area contributed by atoms with Crippen molar-refractivity contribution < 1.29 is 19.1 Å². The molecule has 118 valence electrons. The van der Waals surface area contributed by atoms with E-state index in [2.05, 4.69) is 5.73 Å². The molecule has 0 spiro atoms. The molecule has 1 aromatic rings. The van der Waals surface area contributed by atoms with Crippen LogP contribution in [0.1, 0.15) is 33.3 Å². The van der Waals surface area contributed by atoms with E-state index in [4.69, 9.17) is 9.47 Å². The van der Waals surface area contributed by atoms with Gasteiger partial charge in [0, 0.05) is 0 Å². The topological polar surface area (TPSA) is 52.6 Å². The zero-order valence-electron chi connectivity index (χ0n) is 13.5. The van der Waals surface area contributed by atoms with Gasteiger partial charge in [-0.2, -0.15) is 0 Å². The number of rotatable bonds is 6. The summed E-state index contributed by atoms with van der Waals surface area (Å²) in [5.41, 5.74) is 2.66. The summed E-state index contributed by atoms with van der Waals surface area (Å²) >= 11 is 0. The Morgan fingerprint density at radius 3 is 1.95 bits per heavy atom. The van der Waals surface area contributed by atoms with Gasteiger partial charge in [-0.1, -0.05) is 30.3 Å². The lowest BCUT2D eigenvalue weighted by molar-refractivity contribution is -0.161. The maximum absolute atomic E-state index is 12.6. The molecule has 0 radical (unpaired) electrons. The molecular weight excluding hydrogens is 280 g/mol. The van der Waals surface area contributed by atoms with Crippen LogP contribution in [0.3, 0.4) is 0 Å². The summed E-state index contributed by atoms with van der Waals surface area (Å²) < 4.78 is 10.3. The molecule has 0 aliphatic rings. The summed E-state index contributed by atoms with van der Waals surface area (Å²) in [5, 5.41) is 0. The molecule has 4 nitrogen and oxygen atoms in total. The van der Waals surface area contributed by atoms with Gasteiger partial charge in [0.05, 0.1) is 13.2 Å². The Balaban J connectivity index is 3.59. The minimum atomic E-state index is -1.63. The molecule has 0 N–H and O–H groups in total. The van der Waals surface area contributed by atoms with Gasteiger partial charge in [-0.25, -0.2) is 0 Å². The highest BCUT2D eigenvalue weighted by atomic mass is 16.6. The van der Waals surface area contributed by atoms with Crippen molar-refractivity contribution in [3.8, 4) is 0 Å². The molecule has 1 rings (SSSR count). The molecular formula is C18H22O4. The molecule has 0 atom stereocenters.